The number of guanidine groups is 1. The Balaban J connectivity index is 0.00000338. The van der Waals surface area contributed by atoms with Crippen LogP contribution in [0.25, 0.3) is 0 Å². The number of aliphatic imine (C=N–C) groups is 1. The molecule has 8 heteroatoms. The van der Waals surface area contributed by atoms with Crippen molar-refractivity contribution in [2.24, 2.45) is 4.99 Å². The fourth-order valence-corrected chi connectivity index (χ4v) is 2.00. The first-order chi connectivity index (χ1) is 12.1. The largest absolute Gasteiger partial charge is 0.357 e. The number of amides is 1. The van der Waals surface area contributed by atoms with Gasteiger partial charge in [-0.05, 0) is 48.9 Å². The molecule has 0 fully saturated rings. The molecule has 2 aromatic carbocycles. The zero-order chi connectivity index (χ0) is 18.1. The van der Waals surface area contributed by atoms with Crippen LogP contribution < -0.4 is 16.0 Å². The van der Waals surface area contributed by atoms with Gasteiger partial charge in [0, 0.05) is 12.2 Å². The van der Waals surface area contributed by atoms with Gasteiger partial charge in [0.1, 0.15) is 11.6 Å². The van der Waals surface area contributed by atoms with Crippen molar-refractivity contribution >= 4 is 41.5 Å². The average molecular weight is 474 g/mol. The summed E-state index contributed by atoms with van der Waals surface area (Å²) in [6.07, 6.45) is 0. The molecule has 0 atom stereocenters. The fraction of sp³-hybridized carbons (Fsp3) is 0.222. The summed E-state index contributed by atoms with van der Waals surface area (Å²) in [6, 6.07) is 11.6. The van der Waals surface area contributed by atoms with Gasteiger partial charge in [0.15, 0.2) is 5.96 Å². The lowest BCUT2D eigenvalue weighted by Gasteiger charge is -2.11. The molecule has 2 aromatic rings. The van der Waals surface area contributed by atoms with Gasteiger partial charge >= 0.3 is 0 Å². The first kappa shape index (κ1) is 21.8. The standard InChI is InChI=1S/C18H20F2N4O.HI/c1-2-21-18(22-11-13-3-5-14(19)6-4-13)23-12-17(25)24-16-9-7-15(20)8-10-16;/h3-10H,2,11-12H2,1H3,(H,24,25)(H2,21,22,23);1H. The second kappa shape index (κ2) is 11.4. The molecule has 0 aliphatic heterocycles. The monoisotopic (exact) mass is 474 g/mol. The lowest BCUT2D eigenvalue weighted by Crippen LogP contribution is -2.41. The van der Waals surface area contributed by atoms with E-state index in [9.17, 15) is 13.6 Å². The van der Waals surface area contributed by atoms with E-state index in [0.29, 0.717) is 24.7 Å². The Morgan fingerprint density at radius 1 is 0.962 bits per heavy atom. The van der Waals surface area contributed by atoms with Crippen LogP contribution in [0.5, 0.6) is 0 Å². The lowest BCUT2D eigenvalue weighted by molar-refractivity contribution is -0.115. The molecule has 0 aliphatic rings. The predicted octanol–water partition coefficient (Wildman–Crippen LogP) is 3.28. The molecular weight excluding hydrogens is 453 g/mol. The second-order valence-corrected chi connectivity index (χ2v) is 5.23. The highest BCUT2D eigenvalue weighted by Crippen LogP contribution is 2.07. The van der Waals surface area contributed by atoms with Gasteiger partial charge in [-0.15, -0.1) is 24.0 Å². The van der Waals surface area contributed by atoms with E-state index < -0.39 is 0 Å². The minimum Gasteiger partial charge on any atom is -0.357 e. The van der Waals surface area contributed by atoms with Crippen LogP contribution in [-0.2, 0) is 11.3 Å². The topological polar surface area (TPSA) is 65.5 Å². The molecule has 0 saturated carbocycles. The Hall–Kier alpha value is -2.23. The maximum absolute atomic E-state index is 12.9. The molecule has 0 aliphatic carbocycles. The van der Waals surface area contributed by atoms with Crippen LogP contribution in [0, 0.1) is 11.6 Å². The summed E-state index contributed by atoms with van der Waals surface area (Å²) >= 11 is 0. The number of nitrogens with one attached hydrogen (secondary N) is 3. The fourth-order valence-electron chi connectivity index (χ4n) is 2.00. The van der Waals surface area contributed by atoms with Gasteiger partial charge in [0.05, 0.1) is 13.1 Å². The zero-order valence-electron chi connectivity index (χ0n) is 14.3. The molecule has 0 unspecified atom stereocenters. The molecule has 3 N–H and O–H groups in total. The van der Waals surface area contributed by atoms with Crippen molar-refractivity contribution in [3.8, 4) is 0 Å². The van der Waals surface area contributed by atoms with E-state index in [1.165, 1.54) is 36.4 Å². The molecule has 1 amide bonds. The first-order valence-electron chi connectivity index (χ1n) is 7.89. The van der Waals surface area contributed by atoms with E-state index in [0.717, 1.165) is 5.56 Å². The van der Waals surface area contributed by atoms with Gasteiger partial charge < -0.3 is 16.0 Å². The average Bonchev–Trinajstić information content (AvgIpc) is 2.61. The van der Waals surface area contributed by atoms with Crippen LogP contribution in [-0.4, -0.2) is 25.0 Å². The molecule has 0 heterocycles. The Bertz CT molecular complexity index is 721. The quantitative estimate of drug-likeness (QED) is 0.342. The van der Waals surface area contributed by atoms with Gasteiger partial charge in [-0.25, -0.2) is 13.8 Å². The third-order valence-electron chi connectivity index (χ3n) is 3.22. The van der Waals surface area contributed by atoms with Crippen molar-refractivity contribution in [3.05, 3.63) is 65.7 Å². The van der Waals surface area contributed by atoms with Gasteiger partial charge in [-0.3, -0.25) is 4.79 Å². The Kier molecular flexibility index (Phi) is 9.56. The summed E-state index contributed by atoms with van der Waals surface area (Å²) in [5.74, 6) is -0.464. The van der Waals surface area contributed by atoms with Crippen LogP contribution in [0.3, 0.4) is 0 Å². The Morgan fingerprint density at radius 3 is 2.12 bits per heavy atom. The van der Waals surface area contributed by atoms with Crippen LogP contribution in [0.4, 0.5) is 14.5 Å². The highest BCUT2D eigenvalue weighted by Gasteiger charge is 2.04. The molecule has 0 bridgehead atoms. The minimum atomic E-state index is -0.363. The zero-order valence-corrected chi connectivity index (χ0v) is 16.6. The highest BCUT2D eigenvalue weighted by atomic mass is 127. The number of nitrogens with zero attached hydrogens (tertiary/aromatic N) is 1. The van der Waals surface area contributed by atoms with Gasteiger partial charge in [0.25, 0.3) is 0 Å². The summed E-state index contributed by atoms with van der Waals surface area (Å²) in [4.78, 5) is 16.3. The maximum atomic E-state index is 12.9. The van der Waals surface area contributed by atoms with E-state index in [1.54, 1.807) is 12.1 Å². The van der Waals surface area contributed by atoms with E-state index in [1.807, 2.05) is 6.92 Å². The van der Waals surface area contributed by atoms with Gasteiger partial charge in [0.2, 0.25) is 5.91 Å². The van der Waals surface area contributed by atoms with Crippen molar-refractivity contribution in [1.82, 2.24) is 10.6 Å². The summed E-state index contributed by atoms with van der Waals surface area (Å²) in [5, 5.41) is 8.59. The van der Waals surface area contributed by atoms with E-state index >= 15 is 0 Å². The van der Waals surface area contributed by atoms with Crippen molar-refractivity contribution in [1.29, 1.82) is 0 Å². The number of rotatable bonds is 6. The van der Waals surface area contributed by atoms with Gasteiger partial charge in [-0.1, -0.05) is 12.1 Å². The van der Waals surface area contributed by atoms with Crippen molar-refractivity contribution in [2.45, 2.75) is 13.5 Å². The number of benzene rings is 2. The number of anilines is 1. The Labute approximate surface area is 168 Å². The smallest absolute Gasteiger partial charge is 0.243 e. The number of hydrogen-bond donors (Lipinski definition) is 3. The van der Waals surface area contributed by atoms with Crippen LogP contribution in [0.1, 0.15) is 12.5 Å². The van der Waals surface area contributed by atoms with E-state index in [2.05, 4.69) is 20.9 Å². The van der Waals surface area contributed by atoms with Crippen molar-refractivity contribution in [2.75, 3.05) is 18.4 Å². The SMILES string of the molecule is CCNC(=NCc1ccc(F)cc1)NCC(=O)Nc1ccc(F)cc1.I. The predicted molar refractivity (Wildman–Crippen MR) is 110 cm³/mol. The summed E-state index contributed by atoms with van der Waals surface area (Å²) in [5.41, 5.74) is 1.37. The molecular formula is C18H21F2IN4O. The molecule has 2 rings (SSSR count). The molecule has 5 nitrogen and oxygen atoms in total. The lowest BCUT2D eigenvalue weighted by atomic mass is 10.2. The van der Waals surface area contributed by atoms with Crippen molar-refractivity contribution in [3.63, 3.8) is 0 Å². The van der Waals surface area contributed by atoms with E-state index in [-0.39, 0.29) is 48.1 Å². The number of halogens is 3. The Morgan fingerprint density at radius 2 is 1.54 bits per heavy atom. The number of hydrogen-bond acceptors (Lipinski definition) is 2. The summed E-state index contributed by atoms with van der Waals surface area (Å²) < 4.78 is 25.7. The second-order valence-electron chi connectivity index (χ2n) is 5.23. The third kappa shape index (κ3) is 7.77. The van der Waals surface area contributed by atoms with Crippen LogP contribution >= 0.6 is 24.0 Å². The number of carbonyl (C=O) groups excluding carboxylic acids is 1. The summed E-state index contributed by atoms with van der Waals surface area (Å²) in [7, 11) is 0. The number of carbonyl (C=O) groups is 1. The minimum absolute atomic E-state index is 0. The highest BCUT2D eigenvalue weighted by molar-refractivity contribution is 14.0. The molecule has 0 saturated heterocycles. The first-order valence-corrected chi connectivity index (χ1v) is 7.89. The molecule has 140 valence electrons. The molecule has 0 radical (unpaired) electrons. The molecule has 0 aromatic heterocycles. The molecule has 26 heavy (non-hydrogen) atoms. The van der Waals surface area contributed by atoms with Gasteiger partial charge in [-0.2, -0.15) is 0 Å². The maximum Gasteiger partial charge on any atom is 0.243 e. The third-order valence-corrected chi connectivity index (χ3v) is 3.22. The normalized spacial score (nSPS) is 10.7. The molecule has 0 spiro atoms. The van der Waals surface area contributed by atoms with Crippen LogP contribution in [0.2, 0.25) is 0 Å². The van der Waals surface area contributed by atoms with Crippen LogP contribution in [0.15, 0.2) is 53.5 Å². The van der Waals surface area contributed by atoms with E-state index in [4.69, 9.17) is 0 Å². The van der Waals surface area contributed by atoms with Crippen molar-refractivity contribution < 1.29 is 13.6 Å². The summed E-state index contributed by atoms with van der Waals surface area (Å²) in [6.45, 7) is 2.91.